The molecular formula is C9H18N2O. The molecular weight excluding hydrogens is 152 g/mol. The molecule has 1 saturated carbocycles. The Morgan fingerprint density at radius 1 is 1.75 bits per heavy atom. The van der Waals surface area contributed by atoms with E-state index in [1.807, 2.05) is 6.92 Å². The van der Waals surface area contributed by atoms with Crippen molar-refractivity contribution in [3.05, 3.63) is 0 Å². The summed E-state index contributed by atoms with van der Waals surface area (Å²) >= 11 is 0. The summed E-state index contributed by atoms with van der Waals surface area (Å²) in [5.41, 5.74) is 5.57. The first kappa shape index (κ1) is 9.52. The quantitative estimate of drug-likeness (QED) is 0.650. The molecule has 2 atom stereocenters. The van der Waals surface area contributed by atoms with Gasteiger partial charge in [0.05, 0.1) is 6.04 Å². The summed E-state index contributed by atoms with van der Waals surface area (Å²) in [5, 5.41) is 3.26. The van der Waals surface area contributed by atoms with Crippen LogP contribution in [-0.2, 0) is 4.79 Å². The predicted octanol–water partition coefficient (Wildman–Crippen LogP) is 0.638. The first-order chi connectivity index (χ1) is 5.47. The summed E-state index contributed by atoms with van der Waals surface area (Å²) in [5.74, 6) is -0.236. The van der Waals surface area contributed by atoms with E-state index in [0.717, 1.165) is 12.8 Å². The molecule has 1 aliphatic carbocycles. The lowest BCUT2D eigenvalue weighted by molar-refractivity contribution is -0.120. The minimum atomic E-state index is -0.236. The molecule has 0 heterocycles. The zero-order valence-electron chi connectivity index (χ0n) is 8.05. The highest BCUT2D eigenvalue weighted by atomic mass is 16.1. The average Bonchev–Trinajstić information content (AvgIpc) is 2.53. The number of carbonyl (C=O) groups is 1. The molecule has 0 saturated heterocycles. The van der Waals surface area contributed by atoms with Crippen molar-refractivity contribution in [2.75, 3.05) is 0 Å². The molecule has 0 aromatic carbocycles. The maximum Gasteiger partial charge on any atom is 0.234 e. The van der Waals surface area contributed by atoms with Crippen LogP contribution in [0.4, 0.5) is 0 Å². The SMILES string of the molecule is CCC(NC1CC1(C)C)C(N)=O. The molecule has 3 heteroatoms. The van der Waals surface area contributed by atoms with E-state index < -0.39 is 0 Å². The molecule has 70 valence electrons. The van der Waals surface area contributed by atoms with E-state index in [2.05, 4.69) is 19.2 Å². The highest BCUT2D eigenvalue weighted by molar-refractivity contribution is 5.79. The molecule has 0 aliphatic heterocycles. The van der Waals surface area contributed by atoms with Gasteiger partial charge in [-0.2, -0.15) is 0 Å². The van der Waals surface area contributed by atoms with Gasteiger partial charge in [0.25, 0.3) is 0 Å². The fraction of sp³-hybridized carbons (Fsp3) is 0.889. The van der Waals surface area contributed by atoms with E-state index in [9.17, 15) is 4.79 Å². The van der Waals surface area contributed by atoms with E-state index in [0.29, 0.717) is 11.5 Å². The zero-order valence-corrected chi connectivity index (χ0v) is 8.05. The molecule has 0 radical (unpaired) electrons. The Labute approximate surface area is 73.7 Å². The largest absolute Gasteiger partial charge is 0.368 e. The summed E-state index contributed by atoms with van der Waals surface area (Å²) in [6, 6.07) is 0.340. The van der Waals surface area contributed by atoms with Gasteiger partial charge in [-0.15, -0.1) is 0 Å². The van der Waals surface area contributed by atoms with Gasteiger partial charge >= 0.3 is 0 Å². The first-order valence-electron chi connectivity index (χ1n) is 4.52. The number of nitrogens with one attached hydrogen (secondary N) is 1. The third-order valence-electron chi connectivity index (χ3n) is 2.67. The summed E-state index contributed by atoms with van der Waals surface area (Å²) in [7, 11) is 0. The molecule has 1 amide bonds. The lowest BCUT2D eigenvalue weighted by atomic mass is 10.1. The molecule has 2 unspecified atom stereocenters. The van der Waals surface area contributed by atoms with Crippen molar-refractivity contribution in [3.8, 4) is 0 Å². The Balaban J connectivity index is 2.35. The Morgan fingerprint density at radius 2 is 2.25 bits per heavy atom. The average molecular weight is 170 g/mol. The number of rotatable bonds is 4. The molecule has 3 nitrogen and oxygen atoms in total. The highest BCUT2D eigenvalue weighted by Gasteiger charge is 2.46. The van der Waals surface area contributed by atoms with E-state index in [1.54, 1.807) is 0 Å². The van der Waals surface area contributed by atoms with Gasteiger partial charge in [0.1, 0.15) is 0 Å². The van der Waals surface area contributed by atoms with E-state index in [-0.39, 0.29) is 11.9 Å². The lowest BCUT2D eigenvalue weighted by Crippen LogP contribution is -2.42. The number of nitrogens with two attached hydrogens (primary N) is 1. The lowest BCUT2D eigenvalue weighted by Gasteiger charge is -2.14. The standard InChI is InChI=1S/C9H18N2O/c1-4-6(8(10)12)11-7-5-9(7,2)3/h6-7,11H,4-5H2,1-3H3,(H2,10,12). The molecule has 3 N–H and O–H groups in total. The van der Waals surface area contributed by atoms with Crippen LogP contribution in [0, 0.1) is 5.41 Å². The van der Waals surface area contributed by atoms with Crippen LogP contribution in [0.15, 0.2) is 0 Å². The molecule has 1 fully saturated rings. The van der Waals surface area contributed by atoms with Crippen molar-refractivity contribution in [2.24, 2.45) is 11.1 Å². The molecule has 0 bridgehead atoms. The van der Waals surface area contributed by atoms with Gasteiger partial charge in [0.2, 0.25) is 5.91 Å². The van der Waals surface area contributed by atoms with Gasteiger partial charge in [-0.05, 0) is 18.3 Å². The second-order valence-electron chi connectivity index (χ2n) is 4.28. The highest BCUT2D eigenvalue weighted by Crippen LogP contribution is 2.44. The summed E-state index contributed by atoms with van der Waals surface area (Å²) in [6.07, 6.45) is 1.93. The van der Waals surface area contributed by atoms with Crippen molar-refractivity contribution in [3.63, 3.8) is 0 Å². The third kappa shape index (κ3) is 1.97. The van der Waals surface area contributed by atoms with Crippen molar-refractivity contribution >= 4 is 5.91 Å². The van der Waals surface area contributed by atoms with Gasteiger partial charge < -0.3 is 11.1 Å². The van der Waals surface area contributed by atoms with E-state index in [4.69, 9.17) is 5.73 Å². The summed E-state index contributed by atoms with van der Waals surface area (Å²) in [4.78, 5) is 10.9. The van der Waals surface area contributed by atoms with Crippen LogP contribution < -0.4 is 11.1 Å². The smallest absolute Gasteiger partial charge is 0.234 e. The van der Waals surface area contributed by atoms with Gasteiger partial charge in [0, 0.05) is 6.04 Å². The second kappa shape index (κ2) is 3.05. The number of carbonyl (C=O) groups excluding carboxylic acids is 1. The topological polar surface area (TPSA) is 55.1 Å². The van der Waals surface area contributed by atoms with Gasteiger partial charge in [-0.1, -0.05) is 20.8 Å². The fourth-order valence-corrected chi connectivity index (χ4v) is 1.40. The molecule has 0 aromatic heterocycles. The number of hydrogen-bond acceptors (Lipinski definition) is 2. The summed E-state index contributed by atoms with van der Waals surface area (Å²) in [6.45, 7) is 6.36. The zero-order chi connectivity index (χ0) is 9.35. The summed E-state index contributed by atoms with van der Waals surface area (Å²) < 4.78 is 0. The van der Waals surface area contributed by atoms with Crippen LogP contribution >= 0.6 is 0 Å². The van der Waals surface area contributed by atoms with E-state index in [1.165, 1.54) is 0 Å². The predicted molar refractivity (Wildman–Crippen MR) is 48.6 cm³/mol. The molecule has 1 aliphatic rings. The number of hydrogen-bond donors (Lipinski definition) is 2. The van der Waals surface area contributed by atoms with Crippen LogP contribution in [0.5, 0.6) is 0 Å². The second-order valence-corrected chi connectivity index (χ2v) is 4.28. The van der Waals surface area contributed by atoms with Crippen LogP contribution in [0.2, 0.25) is 0 Å². The molecule has 0 aromatic rings. The minimum Gasteiger partial charge on any atom is -0.368 e. The van der Waals surface area contributed by atoms with Crippen LogP contribution in [0.3, 0.4) is 0 Å². The fourth-order valence-electron chi connectivity index (χ4n) is 1.40. The van der Waals surface area contributed by atoms with Crippen molar-refractivity contribution in [1.82, 2.24) is 5.32 Å². The Morgan fingerprint density at radius 3 is 2.50 bits per heavy atom. The Bertz CT molecular complexity index is 189. The van der Waals surface area contributed by atoms with Crippen LogP contribution in [0.25, 0.3) is 0 Å². The molecule has 12 heavy (non-hydrogen) atoms. The van der Waals surface area contributed by atoms with Crippen LogP contribution in [-0.4, -0.2) is 18.0 Å². The molecule has 0 spiro atoms. The van der Waals surface area contributed by atoms with Crippen molar-refractivity contribution in [1.29, 1.82) is 0 Å². The maximum absolute atomic E-state index is 10.9. The first-order valence-corrected chi connectivity index (χ1v) is 4.52. The van der Waals surface area contributed by atoms with Gasteiger partial charge in [-0.3, -0.25) is 4.79 Å². The molecule has 1 rings (SSSR count). The number of primary amides is 1. The normalized spacial score (nSPS) is 28.1. The third-order valence-corrected chi connectivity index (χ3v) is 2.67. The number of amides is 1. The van der Waals surface area contributed by atoms with Crippen LogP contribution in [0.1, 0.15) is 33.6 Å². The maximum atomic E-state index is 10.9. The monoisotopic (exact) mass is 170 g/mol. The van der Waals surface area contributed by atoms with Crippen molar-refractivity contribution in [2.45, 2.75) is 45.7 Å². The van der Waals surface area contributed by atoms with Gasteiger partial charge in [-0.25, -0.2) is 0 Å². The Kier molecular flexibility index (Phi) is 2.42. The minimum absolute atomic E-state index is 0.142. The van der Waals surface area contributed by atoms with Gasteiger partial charge in [0.15, 0.2) is 0 Å². The Hall–Kier alpha value is -0.570. The van der Waals surface area contributed by atoms with E-state index >= 15 is 0 Å². The van der Waals surface area contributed by atoms with Crippen molar-refractivity contribution < 1.29 is 4.79 Å².